The Morgan fingerprint density at radius 1 is 1.27 bits per heavy atom. The second-order valence-electron chi connectivity index (χ2n) is 9.65. The molecular formula is C23H29ClN6O7. The highest BCUT2D eigenvalue weighted by Crippen LogP contribution is 2.27. The third-order valence-electron chi connectivity index (χ3n) is 5.60. The van der Waals surface area contributed by atoms with E-state index in [4.69, 9.17) is 25.5 Å². The maximum atomic E-state index is 12.3. The van der Waals surface area contributed by atoms with Gasteiger partial charge in [0.2, 0.25) is 0 Å². The maximum absolute atomic E-state index is 12.3. The van der Waals surface area contributed by atoms with Gasteiger partial charge >= 0.3 is 17.2 Å². The predicted octanol–water partition coefficient (Wildman–Crippen LogP) is 3.47. The minimum Gasteiger partial charge on any atom is -0.491 e. The van der Waals surface area contributed by atoms with Crippen molar-refractivity contribution < 1.29 is 28.7 Å². The summed E-state index contributed by atoms with van der Waals surface area (Å²) >= 11 is 5.90. The second kappa shape index (κ2) is 10.8. The maximum Gasteiger partial charge on any atom is 0.410 e. The van der Waals surface area contributed by atoms with E-state index in [1.165, 1.54) is 10.8 Å². The van der Waals surface area contributed by atoms with Gasteiger partial charge in [-0.3, -0.25) is 4.57 Å². The summed E-state index contributed by atoms with van der Waals surface area (Å²) in [6.45, 7) is 7.89. The zero-order valence-electron chi connectivity index (χ0n) is 20.8. The molecule has 1 saturated heterocycles. The number of nitrogens with zero attached hydrogens (tertiary/aromatic N) is 6. The Morgan fingerprint density at radius 3 is 2.65 bits per heavy atom. The summed E-state index contributed by atoms with van der Waals surface area (Å²) in [5, 5.41) is 21.1. The number of rotatable bonds is 8. The number of anilines is 1. The number of carbonyl (C=O) groups excluding carboxylic acids is 1. The molecule has 1 amide bonds. The quantitative estimate of drug-likeness (QED) is 0.335. The molecule has 1 N–H and O–H groups in total. The van der Waals surface area contributed by atoms with Gasteiger partial charge in [0.05, 0.1) is 6.10 Å². The van der Waals surface area contributed by atoms with Gasteiger partial charge in [-0.25, -0.2) is 4.79 Å². The number of aromatic nitrogens is 3. The molecule has 3 heterocycles. The number of halogens is 1. The summed E-state index contributed by atoms with van der Waals surface area (Å²) in [4.78, 5) is 34.3. The lowest BCUT2D eigenvalue weighted by molar-refractivity contribution is -0.389. The van der Waals surface area contributed by atoms with Gasteiger partial charge in [-0.05, 0) is 60.8 Å². The summed E-state index contributed by atoms with van der Waals surface area (Å²) in [7, 11) is 0. The molecule has 3 aromatic rings. The molecule has 2 aromatic heterocycles. The average molecular weight is 537 g/mol. The molecule has 0 spiro atoms. The third-order valence-corrected chi connectivity index (χ3v) is 5.90. The molecule has 0 unspecified atom stereocenters. The van der Waals surface area contributed by atoms with Crippen molar-refractivity contribution in [3.8, 4) is 5.75 Å². The molecule has 4 rings (SSSR count). The number of amides is 1. The molecule has 1 atom stereocenters. The van der Waals surface area contributed by atoms with E-state index in [2.05, 4.69) is 9.97 Å². The molecule has 0 bridgehead atoms. The topological polar surface area (TPSA) is 149 Å². The number of hydrogen-bond donors (Lipinski definition) is 1. The van der Waals surface area contributed by atoms with Crippen molar-refractivity contribution in [2.24, 2.45) is 0 Å². The second-order valence-corrected chi connectivity index (χ2v) is 9.99. The molecule has 13 nitrogen and oxygen atoms in total. The number of aliphatic hydroxyl groups is 1. The average Bonchev–Trinajstić information content (AvgIpc) is 3.43. The number of nitro groups is 1. The number of aliphatic hydroxyl groups excluding tert-OH is 1. The van der Waals surface area contributed by atoms with Crippen LogP contribution in [0.4, 0.5) is 16.6 Å². The van der Waals surface area contributed by atoms with Crippen LogP contribution in [0.1, 0.15) is 27.2 Å². The van der Waals surface area contributed by atoms with Crippen LogP contribution in [-0.4, -0.2) is 80.0 Å². The number of aryl methyl sites for hydroxylation is 1. The standard InChI is InChI=1S/C23H29ClN6O7/c1-23(2,3)37-22(32)28-10-8-27(9-11-28)21-25-17-12-16(4-5-18(17)36-21)35-14-15(31)6-7-29-13-19(30(33)34)26-20(29)24/h4-5,12-13,15,31H,6-11,14H2,1-3H3/t15-/m1/s1. The van der Waals surface area contributed by atoms with E-state index in [1.807, 2.05) is 25.7 Å². The number of carbonyl (C=O) groups is 1. The van der Waals surface area contributed by atoms with Gasteiger partial charge in [0.1, 0.15) is 29.7 Å². The van der Waals surface area contributed by atoms with Gasteiger partial charge in [0.15, 0.2) is 5.58 Å². The zero-order chi connectivity index (χ0) is 26.7. The van der Waals surface area contributed by atoms with Crippen molar-refractivity contribution in [3.05, 3.63) is 39.8 Å². The Bertz CT molecular complexity index is 1260. The SMILES string of the molecule is CC(C)(C)OC(=O)N1CCN(c2nc3cc(OC[C@H](O)CCn4cc([N+](=O)[O-])nc4Cl)ccc3o2)CC1. The summed E-state index contributed by atoms with van der Waals surface area (Å²) in [5.74, 6) is 0.165. The van der Waals surface area contributed by atoms with Crippen LogP contribution in [0.3, 0.4) is 0 Å². The van der Waals surface area contributed by atoms with E-state index in [-0.39, 0.29) is 36.8 Å². The molecule has 14 heteroatoms. The van der Waals surface area contributed by atoms with Crippen molar-refractivity contribution >= 4 is 40.6 Å². The first-order valence-electron chi connectivity index (χ1n) is 11.8. The zero-order valence-corrected chi connectivity index (χ0v) is 21.6. The number of imidazole rings is 1. The van der Waals surface area contributed by atoms with Gasteiger partial charge < -0.3 is 38.9 Å². The van der Waals surface area contributed by atoms with Crippen LogP contribution in [0.2, 0.25) is 5.28 Å². The fraction of sp³-hybridized carbons (Fsp3) is 0.522. The Labute approximate surface area is 217 Å². The minimum atomic E-state index is -0.831. The highest BCUT2D eigenvalue weighted by atomic mass is 35.5. The molecule has 200 valence electrons. The molecule has 0 aliphatic carbocycles. The van der Waals surface area contributed by atoms with Gasteiger partial charge in [-0.15, -0.1) is 0 Å². The number of piperazine rings is 1. The van der Waals surface area contributed by atoms with Crippen molar-refractivity contribution in [1.82, 2.24) is 19.4 Å². The van der Waals surface area contributed by atoms with Crippen molar-refractivity contribution in [2.45, 2.75) is 45.4 Å². The Hall–Kier alpha value is -3.58. The molecule has 37 heavy (non-hydrogen) atoms. The smallest absolute Gasteiger partial charge is 0.410 e. The third kappa shape index (κ3) is 6.80. The number of hydrogen-bond acceptors (Lipinski definition) is 10. The van der Waals surface area contributed by atoms with Gasteiger partial charge in [-0.2, -0.15) is 4.98 Å². The first-order chi connectivity index (χ1) is 17.5. The first-order valence-corrected chi connectivity index (χ1v) is 12.2. The van der Waals surface area contributed by atoms with Crippen LogP contribution in [0.25, 0.3) is 11.1 Å². The van der Waals surface area contributed by atoms with E-state index in [9.17, 15) is 20.0 Å². The fourth-order valence-corrected chi connectivity index (χ4v) is 3.94. The lowest BCUT2D eigenvalue weighted by atomic mass is 10.2. The summed E-state index contributed by atoms with van der Waals surface area (Å²) in [5.41, 5.74) is 0.657. The molecule has 0 radical (unpaired) electrons. The lowest BCUT2D eigenvalue weighted by Crippen LogP contribution is -2.50. The van der Waals surface area contributed by atoms with E-state index in [1.54, 1.807) is 23.1 Å². The van der Waals surface area contributed by atoms with Gasteiger partial charge in [0, 0.05) is 38.8 Å². The van der Waals surface area contributed by atoms with Crippen molar-refractivity contribution in [3.63, 3.8) is 0 Å². The van der Waals surface area contributed by atoms with Crippen LogP contribution < -0.4 is 9.64 Å². The van der Waals surface area contributed by atoms with E-state index in [0.717, 1.165) is 0 Å². The predicted molar refractivity (Wildman–Crippen MR) is 134 cm³/mol. The fourth-order valence-electron chi connectivity index (χ4n) is 3.72. The van der Waals surface area contributed by atoms with Gasteiger partial charge in [-0.1, -0.05) is 0 Å². The summed E-state index contributed by atoms with van der Waals surface area (Å²) in [6.07, 6.45) is 0.327. The monoisotopic (exact) mass is 536 g/mol. The van der Waals surface area contributed by atoms with Crippen LogP contribution in [0.5, 0.6) is 5.75 Å². The number of ether oxygens (including phenoxy) is 2. The van der Waals surface area contributed by atoms with Gasteiger partial charge in [0.25, 0.3) is 6.01 Å². The molecule has 1 aromatic carbocycles. The van der Waals surface area contributed by atoms with E-state index in [0.29, 0.717) is 49.0 Å². The van der Waals surface area contributed by atoms with E-state index >= 15 is 0 Å². The Kier molecular flexibility index (Phi) is 7.73. The molecule has 1 aliphatic rings. The highest BCUT2D eigenvalue weighted by molar-refractivity contribution is 6.28. The van der Waals surface area contributed by atoms with Crippen molar-refractivity contribution in [2.75, 3.05) is 37.7 Å². The highest BCUT2D eigenvalue weighted by Gasteiger charge is 2.27. The number of fused-ring (bicyclic) bond motifs is 1. The summed E-state index contributed by atoms with van der Waals surface area (Å²) < 4.78 is 18.4. The van der Waals surface area contributed by atoms with Crippen LogP contribution in [0.15, 0.2) is 28.8 Å². The Balaban J connectivity index is 1.28. The first kappa shape index (κ1) is 26.5. The summed E-state index contributed by atoms with van der Waals surface area (Å²) in [6, 6.07) is 5.65. The Morgan fingerprint density at radius 2 is 2.00 bits per heavy atom. The van der Waals surface area contributed by atoms with Crippen LogP contribution in [-0.2, 0) is 11.3 Å². The molecule has 1 fully saturated rings. The number of oxazole rings is 1. The van der Waals surface area contributed by atoms with Crippen LogP contribution in [0, 0.1) is 10.1 Å². The minimum absolute atomic E-state index is 0.0112. The molecule has 1 aliphatic heterocycles. The molecular weight excluding hydrogens is 508 g/mol. The van der Waals surface area contributed by atoms with E-state index < -0.39 is 16.6 Å². The lowest BCUT2D eigenvalue weighted by Gasteiger charge is -2.34. The number of benzene rings is 1. The van der Waals surface area contributed by atoms with Crippen molar-refractivity contribution in [1.29, 1.82) is 0 Å². The normalized spacial score (nSPS) is 15.2. The molecule has 0 saturated carbocycles. The van der Waals surface area contributed by atoms with Crippen LogP contribution >= 0.6 is 11.6 Å². The largest absolute Gasteiger partial charge is 0.491 e.